The molecular formula is C21H24N2O5. The molecule has 0 saturated carbocycles. The number of fused-ring (bicyclic) bond motifs is 1. The van der Waals surface area contributed by atoms with Gasteiger partial charge in [0.25, 0.3) is 5.91 Å². The SMILES string of the molecule is CC(C)[C@@H](NC(=O)COC(=O)c1ccc(N)cc1)c1ccc2c(c1)OCCO2. The van der Waals surface area contributed by atoms with Crippen LogP contribution in [0.3, 0.4) is 0 Å². The van der Waals surface area contributed by atoms with E-state index in [1.807, 2.05) is 32.0 Å². The van der Waals surface area contributed by atoms with Crippen LogP contribution < -0.4 is 20.5 Å². The number of nitrogens with one attached hydrogen (secondary N) is 1. The van der Waals surface area contributed by atoms with Crippen molar-refractivity contribution in [1.82, 2.24) is 5.32 Å². The topological polar surface area (TPSA) is 99.9 Å². The van der Waals surface area contributed by atoms with Crippen molar-refractivity contribution in [3.05, 3.63) is 53.6 Å². The second kappa shape index (κ2) is 8.65. The standard InChI is InChI=1S/C21H24N2O5/c1-13(2)20(15-5-8-17-18(11-15)27-10-9-26-17)23-19(24)12-28-21(25)14-3-6-16(22)7-4-14/h3-8,11,13,20H,9-10,12,22H2,1-2H3,(H,23,24)/t20-/m1/s1. The summed E-state index contributed by atoms with van der Waals surface area (Å²) >= 11 is 0. The van der Waals surface area contributed by atoms with Crippen LogP contribution in [0.1, 0.15) is 35.8 Å². The Balaban J connectivity index is 1.61. The third-order valence-electron chi connectivity index (χ3n) is 4.39. The fourth-order valence-corrected chi connectivity index (χ4v) is 2.94. The Morgan fingerprint density at radius 3 is 2.43 bits per heavy atom. The molecule has 0 aliphatic carbocycles. The summed E-state index contributed by atoms with van der Waals surface area (Å²) in [4.78, 5) is 24.4. The first-order chi connectivity index (χ1) is 13.4. The Labute approximate surface area is 163 Å². The minimum atomic E-state index is -0.574. The molecule has 3 rings (SSSR count). The maximum absolute atomic E-state index is 12.3. The van der Waals surface area contributed by atoms with Crippen LogP contribution in [0.4, 0.5) is 5.69 Å². The van der Waals surface area contributed by atoms with Gasteiger partial charge in [-0.3, -0.25) is 4.79 Å². The Morgan fingerprint density at radius 1 is 1.07 bits per heavy atom. The van der Waals surface area contributed by atoms with Gasteiger partial charge < -0.3 is 25.3 Å². The molecule has 0 spiro atoms. The van der Waals surface area contributed by atoms with Gasteiger partial charge in [0.1, 0.15) is 13.2 Å². The average Bonchev–Trinajstić information content (AvgIpc) is 2.70. The number of rotatable bonds is 6. The van der Waals surface area contributed by atoms with Gasteiger partial charge in [0, 0.05) is 5.69 Å². The number of carbonyl (C=O) groups excluding carboxylic acids is 2. The van der Waals surface area contributed by atoms with E-state index in [4.69, 9.17) is 19.9 Å². The van der Waals surface area contributed by atoms with Crippen LogP contribution >= 0.6 is 0 Å². The first-order valence-corrected chi connectivity index (χ1v) is 9.15. The zero-order chi connectivity index (χ0) is 20.1. The molecule has 148 valence electrons. The molecule has 3 N–H and O–H groups in total. The van der Waals surface area contributed by atoms with Gasteiger partial charge >= 0.3 is 5.97 Å². The zero-order valence-corrected chi connectivity index (χ0v) is 15.9. The van der Waals surface area contributed by atoms with Crippen molar-refractivity contribution in [1.29, 1.82) is 0 Å². The number of anilines is 1. The number of hydrogen-bond donors (Lipinski definition) is 2. The summed E-state index contributed by atoms with van der Waals surface area (Å²) in [6, 6.07) is 11.7. The van der Waals surface area contributed by atoms with E-state index in [2.05, 4.69) is 5.32 Å². The Bertz CT molecular complexity index is 848. The van der Waals surface area contributed by atoms with Crippen LogP contribution in [-0.2, 0) is 9.53 Å². The summed E-state index contributed by atoms with van der Waals surface area (Å²) in [7, 11) is 0. The molecule has 0 fully saturated rings. The Morgan fingerprint density at radius 2 is 1.75 bits per heavy atom. The van der Waals surface area contributed by atoms with E-state index in [-0.39, 0.29) is 24.5 Å². The van der Waals surface area contributed by atoms with Crippen molar-refractivity contribution in [3.8, 4) is 11.5 Å². The first kappa shape index (κ1) is 19.5. The highest BCUT2D eigenvalue weighted by molar-refractivity contribution is 5.91. The summed E-state index contributed by atoms with van der Waals surface area (Å²) in [5.74, 6) is 0.534. The van der Waals surface area contributed by atoms with Gasteiger partial charge in [0.15, 0.2) is 18.1 Å². The summed E-state index contributed by atoms with van der Waals surface area (Å²) < 4.78 is 16.3. The molecule has 0 bridgehead atoms. The van der Waals surface area contributed by atoms with Gasteiger partial charge in [-0.25, -0.2) is 4.79 Å². The number of esters is 1. The van der Waals surface area contributed by atoms with E-state index in [1.165, 1.54) is 0 Å². The van der Waals surface area contributed by atoms with Gasteiger partial charge in [-0.05, 0) is 47.9 Å². The molecule has 7 nitrogen and oxygen atoms in total. The zero-order valence-electron chi connectivity index (χ0n) is 15.9. The Kier molecular flexibility index (Phi) is 6.03. The predicted molar refractivity (Wildman–Crippen MR) is 104 cm³/mol. The highest BCUT2D eigenvalue weighted by Gasteiger charge is 2.22. The summed E-state index contributed by atoms with van der Waals surface area (Å²) in [6.07, 6.45) is 0. The monoisotopic (exact) mass is 384 g/mol. The number of carbonyl (C=O) groups is 2. The van der Waals surface area contributed by atoms with Gasteiger partial charge in [0.2, 0.25) is 0 Å². The van der Waals surface area contributed by atoms with Crippen LogP contribution in [0.25, 0.3) is 0 Å². The smallest absolute Gasteiger partial charge is 0.338 e. The second-order valence-corrected chi connectivity index (χ2v) is 6.89. The minimum Gasteiger partial charge on any atom is -0.486 e. The summed E-state index contributed by atoms with van der Waals surface area (Å²) in [5, 5.41) is 2.92. The summed E-state index contributed by atoms with van der Waals surface area (Å²) in [6.45, 7) is 4.66. The quantitative estimate of drug-likeness (QED) is 0.587. The average molecular weight is 384 g/mol. The molecule has 1 aliphatic heterocycles. The van der Waals surface area contributed by atoms with E-state index in [0.717, 1.165) is 5.56 Å². The number of amides is 1. The molecule has 2 aromatic rings. The minimum absolute atomic E-state index is 0.124. The van der Waals surface area contributed by atoms with Crippen LogP contribution in [0.5, 0.6) is 11.5 Å². The third-order valence-corrected chi connectivity index (χ3v) is 4.39. The molecule has 1 aliphatic rings. The number of ether oxygens (including phenoxy) is 3. The van der Waals surface area contributed by atoms with Crippen LogP contribution in [0.15, 0.2) is 42.5 Å². The van der Waals surface area contributed by atoms with Crippen molar-refractivity contribution in [2.45, 2.75) is 19.9 Å². The number of nitrogen functional groups attached to an aromatic ring is 1. The van der Waals surface area contributed by atoms with Crippen molar-refractivity contribution >= 4 is 17.6 Å². The van der Waals surface area contributed by atoms with E-state index < -0.39 is 5.97 Å². The van der Waals surface area contributed by atoms with Crippen LogP contribution in [0, 0.1) is 5.92 Å². The second-order valence-electron chi connectivity index (χ2n) is 6.89. The van der Waals surface area contributed by atoms with E-state index >= 15 is 0 Å². The maximum Gasteiger partial charge on any atom is 0.338 e. The molecule has 0 radical (unpaired) electrons. The molecule has 0 unspecified atom stereocenters. The Hall–Kier alpha value is -3.22. The highest BCUT2D eigenvalue weighted by Crippen LogP contribution is 2.34. The first-order valence-electron chi connectivity index (χ1n) is 9.15. The third kappa shape index (κ3) is 4.73. The van der Waals surface area contributed by atoms with Crippen molar-refractivity contribution in [2.24, 2.45) is 5.92 Å². The number of nitrogens with two attached hydrogens (primary N) is 1. The van der Waals surface area contributed by atoms with Crippen LogP contribution in [-0.4, -0.2) is 31.7 Å². The van der Waals surface area contributed by atoms with E-state index in [9.17, 15) is 9.59 Å². The lowest BCUT2D eigenvalue weighted by molar-refractivity contribution is -0.125. The molecule has 1 heterocycles. The molecule has 28 heavy (non-hydrogen) atoms. The lowest BCUT2D eigenvalue weighted by Gasteiger charge is -2.25. The fourth-order valence-electron chi connectivity index (χ4n) is 2.94. The lowest BCUT2D eigenvalue weighted by atomic mass is 9.95. The molecule has 0 saturated heterocycles. The van der Waals surface area contributed by atoms with Gasteiger partial charge in [-0.15, -0.1) is 0 Å². The highest BCUT2D eigenvalue weighted by atomic mass is 16.6. The number of hydrogen-bond acceptors (Lipinski definition) is 6. The van der Waals surface area contributed by atoms with E-state index in [1.54, 1.807) is 24.3 Å². The number of benzene rings is 2. The van der Waals surface area contributed by atoms with Crippen molar-refractivity contribution in [3.63, 3.8) is 0 Å². The normalized spacial score (nSPS) is 13.7. The molecule has 7 heteroatoms. The van der Waals surface area contributed by atoms with Gasteiger partial charge in [-0.1, -0.05) is 19.9 Å². The van der Waals surface area contributed by atoms with E-state index in [0.29, 0.717) is 36.0 Å². The predicted octanol–water partition coefficient (Wildman–Crippen LogP) is 2.71. The van der Waals surface area contributed by atoms with Gasteiger partial charge in [-0.2, -0.15) is 0 Å². The van der Waals surface area contributed by atoms with Gasteiger partial charge in [0.05, 0.1) is 11.6 Å². The molecule has 1 amide bonds. The molecule has 0 aromatic heterocycles. The fraction of sp³-hybridized carbons (Fsp3) is 0.333. The van der Waals surface area contributed by atoms with Crippen molar-refractivity contribution in [2.75, 3.05) is 25.6 Å². The summed E-state index contributed by atoms with van der Waals surface area (Å²) in [5.41, 5.74) is 7.39. The molecule has 1 atom stereocenters. The lowest BCUT2D eigenvalue weighted by Crippen LogP contribution is -2.35. The van der Waals surface area contributed by atoms with Crippen LogP contribution in [0.2, 0.25) is 0 Å². The molecular weight excluding hydrogens is 360 g/mol. The maximum atomic E-state index is 12.3. The molecule has 2 aromatic carbocycles. The largest absolute Gasteiger partial charge is 0.486 e. The van der Waals surface area contributed by atoms with Crippen molar-refractivity contribution < 1.29 is 23.8 Å².